The molecule has 1 unspecified atom stereocenters. The summed E-state index contributed by atoms with van der Waals surface area (Å²) in [4.78, 5) is 0. The van der Waals surface area contributed by atoms with Gasteiger partial charge in [0, 0.05) is 22.1 Å². The average Bonchev–Trinajstić information content (AvgIpc) is 2.39. The lowest BCUT2D eigenvalue weighted by atomic mass is 10.1. The van der Waals surface area contributed by atoms with E-state index >= 15 is 0 Å². The van der Waals surface area contributed by atoms with E-state index in [-0.39, 0.29) is 0 Å². The summed E-state index contributed by atoms with van der Waals surface area (Å²) in [6.07, 6.45) is 0.938. The quantitative estimate of drug-likeness (QED) is 0.824. The summed E-state index contributed by atoms with van der Waals surface area (Å²) in [5.74, 6) is 0. The molecule has 0 heterocycles. The molecule has 0 spiro atoms. The van der Waals surface area contributed by atoms with Crippen LogP contribution in [0.2, 0.25) is 5.02 Å². The molecule has 2 rings (SSSR count). The molecule has 0 fully saturated rings. The lowest BCUT2D eigenvalue weighted by Crippen LogP contribution is -2.27. The standard InChI is InChI=1S/C16H17BrClN/c1-12(9-14-6-2-3-8-16(14)18)19-11-13-5-4-7-15(17)10-13/h2-8,10,12,19H,9,11H2,1H3. The minimum absolute atomic E-state index is 0.388. The summed E-state index contributed by atoms with van der Waals surface area (Å²) in [7, 11) is 0. The molecule has 0 aromatic heterocycles. The average molecular weight is 339 g/mol. The van der Waals surface area contributed by atoms with Crippen LogP contribution in [0, 0.1) is 0 Å². The van der Waals surface area contributed by atoms with E-state index < -0.39 is 0 Å². The van der Waals surface area contributed by atoms with Crippen LogP contribution in [0.15, 0.2) is 53.0 Å². The summed E-state index contributed by atoms with van der Waals surface area (Å²) in [5.41, 5.74) is 2.47. The maximum Gasteiger partial charge on any atom is 0.0438 e. The molecule has 2 aromatic carbocycles. The Labute approximate surface area is 128 Å². The van der Waals surface area contributed by atoms with Crippen LogP contribution in [0.5, 0.6) is 0 Å². The predicted octanol–water partition coefficient (Wildman–Crippen LogP) is 4.82. The number of halogens is 2. The van der Waals surface area contributed by atoms with Crippen LogP contribution in [0.3, 0.4) is 0 Å². The van der Waals surface area contributed by atoms with Crippen molar-refractivity contribution < 1.29 is 0 Å². The maximum absolute atomic E-state index is 6.17. The van der Waals surface area contributed by atoms with Crippen LogP contribution in [0.25, 0.3) is 0 Å². The Morgan fingerprint density at radius 3 is 2.68 bits per heavy atom. The van der Waals surface area contributed by atoms with E-state index in [1.165, 1.54) is 11.1 Å². The Morgan fingerprint density at radius 1 is 1.16 bits per heavy atom. The molecule has 3 heteroatoms. The zero-order chi connectivity index (χ0) is 13.7. The lowest BCUT2D eigenvalue weighted by molar-refractivity contribution is 0.545. The van der Waals surface area contributed by atoms with Crippen molar-refractivity contribution in [3.8, 4) is 0 Å². The summed E-state index contributed by atoms with van der Waals surface area (Å²) in [6.45, 7) is 3.05. The fourth-order valence-electron chi connectivity index (χ4n) is 2.00. The number of benzene rings is 2. The van der Waals surface area contributed by atoms with Gasteiger partial charge in [-0.05, 0) is 42.7 Å². The Kier molecular flexibility index (Phi) is 5.44. The second-order valence-electron chi connectivity index (χ2n) is 4.71. The van der Waals surface area contributed by atoms with Gasteiger partial charge < -0.3 is 5.32 Å². The minimum atomic E-state index is 0.388. The summed E-state index contributed by atoms with van der Waals surface area (Å²) in [5, 5.41) is 4.37. The molecule has 0 radical (unpaired) electrons. The zero-order valence-corrected chi connectivity index (χ0v) is 13.2. The molecule has 0 amide bonds. The Balaban J connectivity index is 1.88. The van der Waals surface area contributed by atoms with Crippen LogP contribution < -0.4 is 5.32 Å². The predicted molar refractivity (Wildman–Crippen MR) is 85.6 cm³/mol. The molecular formula is C16H17BrClN. The van der Waals surface area contributed by atoms with E-state index in [2.05, 4.69) is 52.4 Å². The van der Waals surface area contributed by atoms with E-state index in [1.54, 1.807) is 0 Å². The summed E-state index contributed by atoms with van der Waals surface area (Å²) < 4.78 is 1.12. The zero-order valence-electron chi connectivity index (χ0n) is 10.9. The Hall–Kier alpha value is -0.830. The molecule has 0 saturated heterocycles. The van der Waals surface area contributed by atoms with Crippen LogP contribution in [-0.2, 0) is 13.0 Å². The fourth-order valence-corrected chi connectivity index (χ4v) is 2.66. The van der Waals surface area contributed by atoms with Gasteiger partial charge >= 0.3 is 0 Å². The molecule has 0 aliphatic heterocycles. The Morgan fingerprint density at radius 2 is 1.95 bits per heavy atom. The number of hydrogen-bond acceptors (Lipinski definition) is 1. The molecule has 100 valence electrons. The first-order chi connectivity index (χ1) is 9.15. The normalized spacial score (nSPS) is 12.4. The molecule has 1 nitrogen and oxygen atoms in total. The highest BCUT2D eigenvalue weighted by molar-refractivity contribution is 9.10. The van der Waals surface area contributed by atoms with Crippen molar-refractivity contribution in [3.05, 3.63) is 69.2 Å². The number of hydrogen-bond donors (Lipinski definition) is 1. The van der Waals surface area contributed by atoms with Crippen molar-refractivity contribution in [2.75, 3.05) is 0 Å². The first-order valence-corrected chi connectivity index (χ1v) is 7.53. The van der Waals surface area contributed by atoms with Gasteiger partial charge in [0.1, 0.15) is 0 Å². The van der Waals surface area contributed by atoms with Gasteiger partial charge in [-0.25, -0.2) is 0 Å². The van der Waals surface area contributed by atoms with Crippen molar-refractivity contribution in [2.24, 2.45) is 0 Å². The molecule has 19 heavy (non-hydrogen) atoms. The first kappa shape index (κ1) is 14.6. The van der Waals surface area contributed by atoms with Crippen LogP contribution in [0.1, 0.15) is 18.1 Å². The molecule has 0 aliphatic carbocycles. The molecule has 0 bridgehead atoms. The summed E-state index contributed by atoms with van der Waals surface area (Å²) in [6, 6.07) is 16.8. The van der Waals surface area contributed by atoms with Crippen LogP contribution in [0.4, 0.5) is 0 Å². The van der Waals surface area contributed by atoms with Gasteiger partial charge in [-0.15, -0.1) is 0 Å². The van der Waals surface area contributed by atoms with Gasteiger partial charge in [-0.2, -0.15) is 0 Å². The largest absolute Gasteiger partial charge is 0.310 e. The highest BCUT2D eigenvalue weighted by Crippen LogP contribution is 2.17. The van der Waals surface area contributed by atoms with Crippen LogP contribution in [-0.4, -0.2) is 6.04 Å². The van der Waals surface area contributed by atoms with Crippen molar-refractivity contribution in [2.45, 2.75) is 25.9 Å². The Bertz CT molecular complexity index is 542. The van der Waals surface area contributed by atoms with E-state index in [9.17, 15) is 0 Å². The molecule has 0 aliphatic rings. The molecule has 1 atom stereocenters. The van der Waals surface area contributed by atoms with Gasteiger partial charge in [-0.1, -0.05) is 57.9 Å². The van der Waals surface area contributed by atoms with Crippen molar-refractivity contribution in [1.82, 2.24) is 5.32 Å². The summed E-state index contributed by atoms with van der Waals surface area (Å²) >= 11 is 9.66. The first-order valence-electron chi connectivity index (χ1n) is 6.36. The van der Waals surface area contributed by atoms with E-state index in [0.717, 1.165) is 22.5 Å². The van der Waals surface area contributed by atoms with Gasteiger partial charge in [0.15, 0.2) is 0 Å². The van der Waals surface area contributed by atoms with Gasteiger partial charge in [-0.3, -0.25) is 0 Å². The monoisotopic (exact) mass is 337 g/mol. The topological polar surface area (TPSA) is 12.0 Å². The molecule has 0 saturated carbocycles. The van der Waals surface area contributed by atoms with Gasteiger partial charge in [0.2, 0.25) is 0 Å². The minimum Gasteiger partial charge on any atom is -0.310 e. The van der Waals surface area contributed by atoms with Crippen LogP contribution >= 0.6 is 27.5 Å². The highest BCUT2D eigenvalue weighted by Gasteiger charge is 2.06. The van der Waals surface area contributed by atoms with Gasteiger partial charge in [0.25, 0.3) is 0 Å². The highest BCUT2D eigenvalue weighted by atomic mass is 79.9. The van der Waals surface area contributed by atoms with Crippen molar-refractivity contribution in [1.29, 1.82) is 0 Å². The second kappa shape index (κ2) is 7.09. The van der Waals surface area contributed by atoms with Gasteiger partial charge in [0.05, 0.1) is 0 Å². The SMILES string of the molecule is CC(Cc1ccccc1Cl)NCc1cccc(Br)c1. The number of nitrogens with one attached hydrogen (secondary N) is 1. The van der Waals surface area contributed by atoms with E-state index in [4.69, 9.17) is 11.6 Å². The third kappa shape index (κ3) is 4.64. The van der Waals surface area contributed by atoms with E-state index in [1.807, 2.05) is 24.3 Å². The molecular weight excluding hydrogens is 322 g/mol. The third-order valence-electron chi connectivity index (χ3n) is 3.03. The second-order valence-corrected chi connectivity index (χ2v) is 6.03. The third-order valence-corrected chi connectivity index (χ3v) is 3.89. The van der Waals surface area contributed by atoms with E-state index in [0.29, 0.717) is 6.04 Å². The van der Waals surface area contributed by atoms with Crippen molar-refractivity contribution >= 4 is 27.5 Å². The molecule has 2 aromatic rings. The maximum atomic E-state index is 6.17. The number of rotatable bonds is 5. The molecule has 1 N–H and O–H groups in total. The fraction of sp³-hybridized carbons (Fsp3) is 0.250. The smallest absolute Gasteiger partial charge is 0.0438 e. The van der Waals surface area contributed by atoms with Crippen molar-refractivity contribution in [3.63, 3.8) is 0 Å². The lowest BCUT2D eigenvalue weighted by Gasteiger charge is -2.15.